The van der Waals surface area contributed by atoms with Crippen LogP contribution in [-0.4, -0.2) is 55.8 Å². The normalized spacial score (nSPS) is 12.3. The number of nitrogens with zero attached hydrogens (tertiary/aromatic N) is 2. The molecule has 0 aliphatic carbocycles. The summed E-state index contributed by atoms with van der Waals surface area (Å²) in [7, 11) is 5.59. The van der Waals surface area contributed by atoms with E-state index in [9.17, 15) is 4.79 Å². The number of carbonyl (C=O) groups is 1. The Morgan fingerprint density at radius 3 is 2.00 bits per heavy atom. The standard InChI is InChI=1S/C15H32N4O2.HI/c1-9-15(10-2,11-17-12(16-6)19(7)8)18-13(20)21-14(3,4)5;/h9-11H2,1-8H3,(H,16,17)(H,18,20);1H. The van der Waals surface area contributed by atoms with Gasteiger partial charge in [-0.2, -0.15) is 0 Å². The van der Waals surface area contributed by atoms with E-state index in [1.54, 1.807) is 7.05 Å². The van der Waals surface area contributed by atoms with Gasteiger partial charge in [0.1, 0.15) is 5.60 Å². The van der Waals surface area contributed by atoms with Crippen molar-refractivity contribution in [2.24, 2.45) is 4.99 Å². The fourth-order valence-corrected chi connectivity index (χ4v) is 1.93. The molecule has 22 heavy (non-hydrogen) atoms. The third kappa shape index (κ3) is 8.65. The summed E-state index contributed by atoms with van der Waals surface area (Å²) in [5.74, 6) is 0.785. The molecule has 0 saturated heterocycles. The molecule has 132 valence electrons. The molecule has 0 aromatic heterocycles. The molecule has 0 atom stereocenters. The molecule has 0 aliphatic rings. The molecule has 0 unspecified atom stereocenters. The zero-order valence-corrected chi connectivity index (χ0v) is 17.6. The molecular weight excluding hydrogens is 395 g/mol. The summed E-state index contributed by atoms with van der Waals surface area (Å²) in [6.07, 6.45) is 1.23. The van der Waals surface area contributed by atoms with Gasteiger partial charge in [-0.15, -0.1) is 24.0 Å². The van der Waals surface area contributed by atoms with Crippen LogP contribution in [0.15, 0.2) is 4.99 Å². The van der Waals surface area contributed by atoms with Crippen LogP contribution in [0, 0.1) is 0 Å². The first-order valence-electron chi connectivity index (χ1n) is 7.48. The van der Waals surface area contributed by atoms with Crippen LogP contribution < -0.4 is 10.6 Å². The highest BCUT2D eigenvalue weighted by Crippen LogP contribution is 2.16. The lowest BCUT2D eigenvalue weighted by atomic mass is 9.93. The molecule has 0 aliphatic heterocycles. The van der Waals surface area contributed by atoms with Crippen molar-refractivity contribution in [3.63, 3.8) is 0 Å². The third-order valence-corrected chi connectivity index (χ3v) is 3.34. The summed E-state index contributed by atoms with van der Waals surface area (Å²) in [4.78, 5) is 18.1. The van der Waals surface area contributed by atoms with E-state index in [0.29, 0.717) is 6.54 Å². The van der Waals surface area contributed by atoms with Crippen LogP contribution in [0.25, 0.3) is 0 Å². The minimum absolute atomic E-state index is 0. The van der Waals surface area contributed by atoms with Gasteiger partial charge >= 0.3 is 6.09 Å². The molecule has 0 fully saturated rings. The fourth-order valence-electron chi connectivity index (χ4n) is 1.93. The summed E-state index contributed by atoms with van der Waals surface area (Å²) in [6.45, 7) is 10.3. The maximum absolute atomic E-state index is 12.0. The van der Waals surface area contributed by atoms with Gasteiger partial charge in [0.25, 0.3) is 0 Å². The largest absolute Gasteiger partial charge is 0.444 e. The average molecular weight is 428 g/mol. The second-order valence-corrected chi connectivity index (χ2v) is 6.41. The van der Waals surface area contributed by atoms with Crippen LogP contribution in [0.1, 0.15) is 47.5 Å². The SMILES string of the molecule is CCC(CC)(CNC(=NC)N(C)C)NC(=O)OC(C)(C)C.I. The number of guanidine groups is 1. The van der Waals surface area contributed by atoms with Gasteiger partial charge in [0.2, 0.25) is 0 Å². The van der Waals surface area contributed by atoms with Crippen molar-refractivity contribution >= 4 is 36.0 Å². The van der Waals surface area contributed by atoms with Crippen molar-refractivity contribution in [1.82, 2.24) is 15.5 Å². The number of hydrogen-bond donors (Lipinski definition) is 2. The lowest BCUT2D eigenvalue weighted by Gasteiger charge is -2.35. The van der Waals surface area contributed by atoms with Crippen LogP contribution in [0.2, 0.25) is 0 Å². The summed E-state index contributed by atoms with van der Waals surface area (Å²) in [5.41, 5.74) is -0.849. The van der Waals surface area contributed by atoms with Crippen LogP contribution in [0.3, 0.4) is 0 Å². The summed E-state index contributed by atoms with van der Waals surface area (Å²) in [6, 6.07) is 0. The Morgan fingerprint density at radius 2 is 1.68 bits per heavy atom. The van der Waals surface area contributed by atoms with Crippen molar-refractivity contribution in [2.45, 2.75) is 58.6 Å². The molecule has 0 aromatic rings. The Labute approximate surface area is 152 Å². The summed E-state index contributed by atoms with van der Waals surface area (Å²) in [5, 5.41) is 6.29. The van der Waals surface area contributed by atoms with Crippen LogP contribution in [0.5, 0.6) is 0 Å². The van der Waals surface area contributed by atoms with Crippen molar-refractivity contribution < 1.29 is 9.53 Å². The van der Waals surface area contributed by atoms with E-state index in [1.807, 2.05) is 39.8 Å². The Bertz CT molecular complexity index is 361. The Hall–Kier alpha value is -0.730. The minimum Gasteiger partial charge on any atom is -0.444 e. The maximum Gasteiger partial charge on any atom is 0.408 e. The number of amides is 1. The average Bonchev–Trinajstić information content (AvgIpc) is 2.35. The Kier molecular flexibility index (Phi) is 10.8. The lowest BCUT2D eigenvalue weighted by Crippen LogP contribution is -2.57. The van der Waals surface area contributed by atoms with Crippen molar-refractivity contribution in [1.29, 1.82) is 0 Å². The molecular formula is C15H33IN4O2. The molecule has 0 spiro atoms. The van der Waals surface area contributed by atoms with Crippen molar-refractivity contribution in [3.8, 4) is 0 Å². The Balaban J connectivity index is 0. The zero-order chi connectivity index (χ0) is 16.7. The van der Waals surface area contributed by atoms with Gasteiger partial charge in [-0.05, 0) is 33.6 Å². The van der Waals surface area contributed by atoms with E-state index >= 15 is 0 Å². The minimum atomic E-state index is -0.496. The first kappa shape index (κ1) is 23.5. The summed E-state index contributed by atoms with van der Waals surface area (Å²) >= 11 is 0. The summed E-state index contributed by atoms with van der Waals surface area (Å²) < 4.78 is 5.36. The molecule has 0 heterocycles. The van der Waals surface area contributed by atoms with Gasteiger partial charge < -0.3 is 20.3 Å². The highest BCUT2D eigenvalue weighted by Gasteiger charge is 2.30. The van der Waals surface area contributed by atoms with E-state index in [0.717, 1.165) is 18.8 Å². The topological polar surface area (TPSA) is 66.0 Å². The van der Waals surface area contributed by atoms with Crippen molar-refractivity contribution in [3.05, 3.63) is 0 Å². The number of nitrogens with one attached hydrogen (secondary N) is 2. The molecule has 0 bridgehead atoms. The molecule has 0 rings (SSSR count). The molecule has 7 heteroatoms. The highest BCUT2D eigenvalue weighted by atomic mass is 127. The van der Waals surface area contributed by atoms with E-state index in [2.05, 4.69) is 29.5 Å². The first-order valence-corrected chi connectivity index (χ1v) is 7.48. The second-order valence-electron chi connectivity index (χ2n) is 6.41. The lowest BCUT2D eigenvalue weighted by molar-refractivity contribution is 0.0448. The number of halogens is 1. The maximum atomic E-state index is 12.0. The number of rotatable bonds is 5. The molecule has 2 N–H and O–H groups in total. The predicted octanol–water partition coefficient (Wildman–Crippen LogP) is 2.82. The second kappa shape index (κ2) is 10.1. The monoisotopic (exact) mass is 428 g/mol. The number of hydrogen-bond acceptors (Lipinski definition) is 3. The number of carbonyl (C=O) groups excluding carboxylic acids is 1. The van der Waals surface area contributed by atoms with Gasteiger partial charge in [0.15, 0.2) is 5.96 Å². The Morgan fingerprint density at radius 1 is 1.18 bits per heavy atom. The van der Waals surface area contributed by atoms with E-state index in [1.165, 1.54) is 0 Å². The highest BCUT2D eigenvalue weighted by molar-refractivity contribution is 14.0. The van der Waals surface area contributed by atoms with Crippen LogP contribution >= 0.6 is 24.0 Å². The molecule has 6 nitrogen and oxygen atoms in total. The van der Waals surface area contributed by atoms with E-state index in [4.69, 9.17) is 4.74 Å². The molecule has 0 aromatic carbocycles. The quantitative estimate of drug-likeness (QED) is 0.402. The van der Waals surface area contributed by atoms with Gasteiger partial charge in [-0.25, -0.2) is 4.79 Å². The fraction of sp³-hybridized carbons (Fsp3) is 0.867. The van der Waals surface area contributed by atoms with E-state index in [-0.39, 0.29) is 35.6 Å². The van der Waals surface area contributed by atoms with Gasteiger partial charge in [0.05, 0.1) is 5.54 Å². The van der Waals surface area contributed by atoms with Gasteiger partial charge in [0, 0.05) is 27.7 Å². The zero-order valence-electron chi connectivity index (χ0n) is 15.2. The number of aliphatic imine (C=N–C) groups is 1. The number of alkyl carbamates (subject to hydrolysis) is 1. The third-order valence-electron chi connectivity index (χ3n) is 3.34. The molecule has 0 saturated carbocycles. The molecule has 0 radical (unpaired) electrons. The number of ether oxygens (including phenoxy) is 1. The van der Waals surface area contributed by atoms with Crippen LogP contribution in [0.4, 0.5) is 4.79 Å². The first-order chi connectivity index (χ1) is 9.59. The van der Waals surface area contributed by atoms with Gasteiger partial charge in [-0.1, -0.05) is 13.8 Å². The van der Waals surface area contributed by atoms with Crippen molar-refractivity contribution in [2.75, 3.05) is 27.7 Å². The van der Waals surface area contributed by atoms with Gasteiger partial charge in [-0.3, -0.25) is 4.99 Å². The predicted molar refractivity (Wildman–Crippen MR) is 103 cm³/mol. The van der Waals surface area contributed by atoms with Crippen LogP contribution in [-0.2, 0) is 4.74 Å². The molecule has 1 amide bonds. The van der Waals surface area contributed by atoms with E-state index < -0.39 is 5.60 Å². The smallest absolute Gasteiger partial charge is 0.408 e.